The number of halogens is 1. The van der Waals surface area contributed by atoms with Crippen molar-refractivity contribution in [2.75, 3.05) is 11.9 Å². The average molecular weight is 514 g/mol. The Bertz CT molecular complexity index is 1090. The Kier molecular flexibility index (Phi) is 10.1. The van der Waals surface area contributed by atoms with Crippen LogP contribution in [0, 0.1) is 6.92 Å². The third-order valence-electron chi connectivity index (χ3n) is 5.60. The van der Waals surface area contributed by atoms with Crippen LogP contribution in [0.4, 0.5) is 10.5 Å². The Morgan fingerprint density at radius 2 is 1.83 bits per heavy atom. The summed E-state index contributed by atoms with van der Waals surface area (Å²) >= 11 is 6.37. The van der Waals surface area contributed by atoms with Crippen LogP contribution in [0.2, 0.25) is 5.02 Å². The number of anilines is 1. The molecule has 0 bridgehead atoms. The molecule has 0 aliphatic carbocycles. The molecule has 2 unspecified atom stereocenters. The molecule has 2 rings (SSSR count). The second-order valence-electron chi connectivity index (χ2n) is 9.61. The molecule has 2 aromatic rings. The maximum atomic E-state index is 13.8. The van der Waals surface area contributed by atoms with Gasteiger partial charge in [0.2, 0.25) is 5.91 Å². The molecule has 194 valence electrons. The first-order chi connectivity index (χ1) is 16.9. The molecule has 2 aromatic carbocycles. The SMILES string of the molecule is C=Cc1cccc(C(C(=O)Nc2c(C)cccc2Cl)N(C(=O)CNC(=O)OC(C)(C)C)C(C)CC)c1. The Morgan fingerprint density at radius 1 is 1.17 bits per heavy atom. The molecule has 0 aromatic heterocycles. The highest BCUT2D eigenvalue weighted by Gasteiger charge is 2.35. The fourth-order valence-electron chi connectivity index (χ4n) is 3.67. The highest BCUT2D eigenvalue weighted by atomic mass is 35.5. The topological polar surface area (TPSA) is 87.7 Å². The highest BCUT2D eigenvalue weighted by Crippen LogP contribution is 2.31. The number of hydrogen-bond acceptors (Lipinski definition) is 4. The summed E-state index contributed by atoms with van der Waals surface area (Å²) in [5.74, 6) is -0.839. The van der Waals surface area contributed by atoms with E-state index in [1.807, 2.05) is 45.0 Å². The van der Waals surface area contributed by atoms with Gasteiger partial charge in [-0.05, 0) is 69.9 Å². The summed E-state index contributed by atoms with van der Waals surface area (Å²) in [7, 11) is 0. The van der Waals surface area contributed by atoms with Crippen molar-refractivity contribution >= 4 is 41.3 Å². The Labute approximate surface area is 218 Å². The van der Waals surface area contributed by atoms with Crippen LogP contribution in [-0.4, -0.2) is 41.0 Å². The van der Waals surface area contributed by atoms with Crippen molar-refractivity contribution in [1.82, 2.24) is 10.2 Å². The van der Waals surface area contributed by atoms with Crippen molar-refractivity contribution in [2.24, 2.45) is 0 Å². The number of nitrogens with one attached hydrogen (secondary N) is 2. The smallest absolute Gasteiger partial charge is 0.408 e. The van der Waals surface area contributed by atoms with Crippen LogP contribution in [0.15, 0.2) is 49.0 Å². The van der Waals surface area contributed by atoms with Crippen LogP contribution in [-0.2, 0) is 14.3 Å². The summed E-state index contributed by atoms with van der Waals surface area (Å²) in [5, 5.41) is 5.83. The van der Waals surface area contributed by atoms with Crippen LogP contribution in [0.1, 0.15) is 63.8 Å². The van der Waals surface area contributed by atoms with Crippen LogP contribution >= 0.6 is 11.6 Å². The molecule has 2 atom stereocenters. The van der Waals surface area contributed by atoms with Gasteiger partial charge >= 0.3 is 6.09 Å². The standard InChI is InChI=1S/C28H36ClN3O4/c1-8-19(4)32(23(33)17-30-27(35)36-28(5,6)7)25(21-14-11-13-20(9-2)16-21)26(34)31-24-18(3)12-10-15-22(24)29/h9-16,19,25H,2,8,17H2,1,3-7H3,(H,30,35)(H,31,34). The van der Waals surface area contributed by atoms with E-state index in [0.717, 1.165) is 11.1 Å². The zero-order chi connectivity index (χ0) is 27.0. The monoisotopic (exact) mass is 513 g/mol. The van der Waals surface area contributed by atoms with Crippen LogP contribution < -0.4 is 10.6 Å². The van der Waals surface area contributed by atoms with Crippen molar-refractivity contribution in [3.8, 4) is 0 Å². The normalized spacial score (nSPS) is 12.8. The van der Waals surface area contributed by atoms with Gasteiger partial charge in [-0.3, -0.25) is 9.59 Å². The number of amides is 3. The van der Waals surface area contributed by atoms with Gasteiger partial charge in [0.05, 0.1) is 10.7 Å². The minimum absolute atomic E-state index is 0.312. The summed E-state index contributed by atoms with van der Waals surface area (Å²) in [4.78, 5) is 41.0. The zero-order valence-electron chi connectivity index (χ0n) is 21.9. The molecule has 2 N–H and O–H groups in total. The van der Waals surface area contributed by atoms with Gasteiger partial charge in [-0.2, -0.15) is 0 Å². The van der Waals surface area contributed by atoms with Crippen LogP contribution in [0.3, 0.4) is 0 Å². The van der Waals surface area contributed by atoms with Gasteiger partial charge in [-0.1, -0.05) is 61.5 Å². The number of carbonyl (C=O) groups is 3. The number of ether oxygens (including phenoxy) is 1. The maximum absolute atomic E-state index is 13.8. The van der Waals surface area contributed by atoms with Gasteiger partial charge in [0, 0.05) is 6.04 Å². The summed E-state index contributed by atoms with van der Waals surface area (Å²) in [6, 6.07) is 11.3. The molecule has 0 saturated heterocycles. The first kappa shape index (κ1) is 28.9. The van der Waals surface area contributed by atoms with E-state index in [1.165, 1.54) is 4.90 Å². The summed E-state index contributed by atoms with van der Waals surface area (Å²) in [6.07, 6.45) is 1.56. The van der Waals surface area contributed by atoms with Gasteiger partial charge in [0.1, 0.15) is 18.2 Å². The minimum Gasteiger partial charge on any atom is -0.444 e. The van der Waals surface area contributed by atoms with Gasteiger partial charge in [-0.25, -0.2) is 4.79 Å². The first-order valence-electron chi connectivity index (χ1n) is 11.9. The van der Waals surface area contributed by atoms with Gasteiger partial charge in [-0.15, -0.1) is 0 Å². The Hall–Kier alpha value is -3.32. The predicted octanol–water partition coefficient (Wildman–Crippen LogP) is 6.12. The number of alkyl carbamates (subject to hydrolysis) is 1. The van der Waals surface area contributed by atoms with Crippen molar-refractivity contribution in [3.05, 3.63) is 70.8 Å². The van der Waals surface area contributed by atoms with E-state index in [-0.39, 0.29) is 12.6 Å². The third-order valence-corrected chi connectivity index (χ3v) is 5.91. The molecule has 0 fully saturated rings. The maximum Gasteiger partial charge on any atom is 0.408 e. The minimum atomic E-state index is -0.983. The molecule has 0 heterocycles. The fourth-order valence-corrected chi connectivity index (χ4v) is 3.94. The molecule has 7 nitrogen and oxygen atoms in total. The van der Waals surface area contributed by atoms with E-state index < -0.39 is 29.6 Å². The zero-order valence-corrected chi connectivity index (χ0v) is 22.6. The Morgan fingerprint density at radius 3 is 2.42 bits per heavy atom. The molecule has 8 heteroatoms. The van der Waals surface area contributed by atoms with Crippen LogP contribution in [0.25, 0.3) is 6.08 Å². The summed E-state index contributed by atoms with van der Waals surface area (Å²) in [6.45, 7) is 14.4. The molecule has 0 saturated carbocycles. The molecule has 0 aliphatic heterocycles. The number of benzene rings is 2. The molecular weight excluding hydrogens is 478 g/mol. The van der Waals surface area contributed by atoms with E-state index >= 15 is 0 Å². The second kappa shape index (κ2) is 12.6. The average Bonchev–Trinajstić information content (AvgIpc) is 2.81. The molecule has 36 heavy (non-hydrogen) atoms. The van der Waals surface area contributed by atoms with Gasteiger partial charge in [0.25, 0.3) is 5.91 Å². The summed E-state index contributed by atoms with van der Waals surface area (Å²) < 4.78 is 5.26. The van der Waals surface area contributed by atoms with Crippen molar-refractivity contribution in [1.29, 1.82) is 0 Å². The number of nitrogens with zero attached hydrogens (tertiary/aromatic N) is 1. The lowest BCUT2D eigenvalue weighted by molar-refractivity contribution is -0.140. The molecule has 0 spiro atoms. The lowest BCUT2D eigenvalue weighted by Gasteiger charge is -2.36. The van der Waals surface area contributed by atoms with Gasteiger partial charge in [0.15, 0.2) is 0 Å². The fraction of sp³-hybridized carbons (Fsp3) is 0.393. The molecular formula is C28H36ClN3O4. The Balaban J connectivity index is 2.48. The number of carbonyl (C=O) groups excluding carboxylic acids is 3. The van der Waals surface area contributed by atoms with E-state index in [4.69, 9.17) is 16.3 Å². The largest absolute Gasteiger partial charge is 0.444 e. The number of hydrogen-bond donors (Lipinski definition) is 2. The predicted molar refractivity (Wildman–Crippen MR) is 145 cm³/mol. The molecule has 0 radical (unpaired) electrons. The highest BCUT2D eigenvalue weighted by molar-refractivity contribution is 6.34. The van der Waals surface area contributed by atoms with Crippen LogP contribution in [0.5, 0.6) is 0 Å². The quantitative estimate of drug-likeness (QED) is 0.422. The summed E-state index contributed by atoms with van der Waals surface area (Å²) in [5.41, 5.74) is 1.99. The lowest BCUT2D eigenvalue weighted by Crippen LogP contribution is -2.50. The van der Waals surface area contributed by atoms with Gasteiger partial charge < -0.3 is 20.3 Å². The lowest BCUT2D eigenvalue weighted by atomic mass is 9.99. The van der Waals surface area contributed by atoms with E-state index in [2.05, 4.69) is 17.2 Å². The second-order valence-corrected chi connectivity index (χ2v) is 10.0. The van der Waals surface area contributed by atoms with Crippen molar-refractivity contribution in [3.63, 3.8) is 0 Å². The number of aryl methyl sites for hydroxylation is 1. The first-order valence-corrected chi connectivity index (χ1v) is 12.3. The number of para-hydroxylation sites is 1. The van der Waals surface area contributed by atoms with E-state index in [9.17, 15) is 14.4 Å². The third kappa shape index (κ3) is 7.85. The molecule has 3 amide bonds. The van der Waals surface area contributed by atoms with Crippen molar-refractivity contribution < 1.29 is 19.1 Å². The molecule has 0 aliphatic rings. The van der Waals surface area contributed by atoms with E-state index in [0.29, 0.717) is 22.7 Å². The number of rotatable bonds is 9. The van der Waals surface area contributed by atoms with E-state index in [1.54, 1.807) is 45.0 Å². The van der Waals surface area contributed by atoms with Crippen molar-refractivity contribution in [2.45, 2.75) is 65.6 Å².